The van der Waals surface area contributed by atoms with Crippen LogP contribution in [0.2, 0.25) is 0 Å². The number of carbonyl (C=O) groups excluding carboxylic acids is 2. The van der Waals surface area contributed by atoms with Crippen molar-refractivity contribution in [3.8, 4) is 5.75 Å². The lowest BCUT2D eigenvalue weighted by Gasteiger charge is -2.30. The van der Waals surface area contributed by atoms with E-state index in [9.17, 15) is 19.7 Å². The van der Waals surface area contributed by atoms with Gasteiger partial charge in [-0.15, -0.1) is 0 Å². The van der Waals surface area contributed by atoms with E-state index in [0.717, 1.165) is 5.56 Å². The molecule has 0 aliphatic heterocycles. The van der Waals surface area contributed by atoms with Gasteiger partial charge < -0.3 is 15.0 Å². The number of nitrogens with one attached hydrogen (secondary N) is 1. The van der Waals surface area contributed by atoms with E-state index in [1.807, 2.05) is 26.0 Å². The molecule has 2 aromatic rings. The number of nitrogens with zero attached hydrogens (tertiary/aromatic N) is 2. The Hall–Kier alpha value is -3.42. The number of para-hydroxylation sites is 1. The van der Waals surface area contributed by atoms with Crippen LogP contribution in [-0.2, 0) is 22.6 Å². The summed E-state index contributed by atoms with van der Waals surface area (Å²) in [6.07, 6.45) is 0.258. The number of likely N-dealkylation sites (N-methyl/N-ethyl adjacent to an activating group) is 1. The number of methoxy groups -OCH3 is 1. The van der Waals surface area contributed by atoms with Gasteiger partial charge in [-0.3, -0.25) is 19.7 Å². The summed E-state index contributed by atoms with van der Waals surface area (Å²) in [6, 6.07) is 12.7. The molecule has 0 radical (unpaired) electrons. The van der Waals surface area contributed by atoms with E-state index >= 15 is 0 Å². The molecule has 2 rings (SSSR count). The number of carbonyl (C=O) groups is 2. The molecule has 2 amide bonds. The Morgan fingerprint density at radius 3 is 2.37 bits per heavy atom. The van der Waals surface area contributed by atoms with Crippen LogP contribution in [0.4, 0.5) is 5.69 Å². The van der Waals surface area contributed by atoms with Crippen molar-refractivity contribution >= 4 is 17.5 Å². The molecule has 0 aliphatic carbocycles. The molecule has 0 bridgehead atoms. The number of nitro groups is 1. The Morgan fingerprint density at radius 1 is 1.13 bits per heavy atom. The third-order valence-electron chi connectivity index (χ3n) is 4.78. The second-order valence-electron chi connectivity index (χ2n) is 6.75. The highest BCUT2D eigenvalue weighted by Gasteiger charge is 2.29. The summed E-state index contributed by atoms with van der Waals surface area (Å²) >= 11 is 0. The predicted octanol–water partition coefficient (Wildman–Crippen LogP) is 3.09. The number of hydrogen-bond donors (Lipinski definition) is 1. The molecule has 0 spiro atoms. The zero-order chi connectivity index (χ0) is 22.1. The fourth-order valence-electron chi connectivity index (χ4n) is 3.24. The van der Waals surface area contributed by atoms with E-state index in [4.69, 9.17) is 4.74 Å². The van der Waals surface area contributed by atoms with Gasteiger partial charge in [0.25, 0.3) is 5.69 Å². The summed E-state index contributed by atoms with van der Waals surface area (Å²) < 4.78 is 5.17. The molecule has 160 valence electrons. The molecule has 0 saturated carbocycles. The highest BCUT2D eigenvalue weighted by Crippen LogP contribution is 2.21. The van der Waals surface area contributed by atoms with Crippen molar-refractivity contribution in [2.45, 2.75) is 39.3 Å². The second kappa shape index (κ2) is 10.9. The summed E-state index contributed by atoms with van der Waals surface area (Å²) in [5.41, 5.74) is 1.04. The quantitative estimate of drug-likeness (QED) is 0.476. The van der Waals surface area contributed by atoms with E-state index < -0.39 is 11.0 Å². The average molecular weight is 413 g/mol. The number of rotatable bonds is 10. The lowest BCUT2D eigenvalue weighted by atomic mass is 10.1. The minimum atomic E-state index is -0.678. The van der Waals surface area contributed by atoms with Crippen LogP contribution in [0.25, 0.3) is 0 Å². The van der Waals surface area contributed by atoms with Crippen molar-refractivity contribution in [2.75, 3.05) is 13.7 Å². The lowest BCUT2D eigenvalue weighted by molar-refractivity contribution is -0.385. The molecule has 0 unspecified atom stereocenters. The van der Waals surface area contributed by atoms with Gasteiger partial charge in [0.15, 0.2) is 0 Å². The molecule has 0 heterocycles. The minimum Gasteiger partial charge on any atom is -0.497 e. The standard InChI is InChI=1S/C22H27N3O5/c1-4-19(22(27)23-5-2)24(15-16-10-12-18(30-3)13-11-16)21(26)14-17-8-6-7-9-20(17)25(28)29/h6-13,19H,4-5,14-15H2,1-3H3,(H,23,27)/t19-/m1/s1. The summed E-state index contributed by atoms with van der Waals surface area (Å²) in [5, 5.41) is 14.1. The van der Waals surface area contributed by atoms with E-state index in [-0.39, 0.29) is 30.5 Å². The van der Waals surface area contributed by atoms with Gasteiger partial charge in [0.2, 0.25) is 11.8 Å². The monoisotopic (exact) mass is 413 g/mol. The van der Waals surface area contributed by atoms with Crippen molar-refractivity contribution in [1.29, 1.82) is 0 Å². The van der Waals surface area contributed by atoms with Crippen molar-refractivity contribution in [2.24, 2.45) is 0 Å². The first-order valence-corrected chi connectivity index (χ1v) is 9.83. The first-order chi connectivity index (χ1) is 14.4. The first-order valence-electron chi connectivity index (χ1n) is 9.83. The van der Waals surface area contributed by atoms with Gasteiger partial charge in [0, 0.05) is 24.7 Å². The summed E-state index contributed by atoms with van der Waals surface area (Å²) in [6.45, 7) is 4.30. The molecule has 8 heteroatoms. The van der Waals surface area contributed by atoms with E-state index in [1.165, 1.54) is 11.0 Å². The molecule has 1 N–H and O–H groups in total. The fourth-order valence-corrected chi connectivity index (χ4v) is 3.24. The van der Waals surface area contributed by atoms with Gasteiger partial charge >= 0.3 is 0 Å². The average Bonchev–Trinajstić information content (AvgIpc) is 2.74. The Bertz CT molecular complexity index is 883. The van der Waals surface area contributed by atoms with Gasteiger partial charge in [-0.05, 0) is 31.0 Å². The fraction of sp³-hybridized carbons (Fsp3) is 0.364. The minimum absolute atomic E-state index is 0.110. The smallest absolute Gasteiger partial charge is 0.273 e. The van der Waals surface area contributed by atoms with Gasteiger partial charge in [0.1, 0.15) is 11.8 Å². The van der Waals surface area contributed by atoms with Crippen LogP contribution in [0.5, 0.6) is 5.75 Å². The number of benzene rings is 2. The number of hydrogen-bond acceptors (Lipinski definition) is 5. The van der Waals surface area contributed by atoms with Crippen LogP contribution < -0.4 is 10.1 Å². The summed E-state index contributed by atoms with van der Waals surface area (Å²) in [5.74, 6) is 0.0925. The Balaban J connectivity index is 2.34. The number of nitro benzene ring substituents is 1. The zero-order valence-electron chi connectivity index (χ0n) is 17.5. The van der Waals surface area contributed by atoms with Crippen molar-refractivity contribution in [3.63, 3.8) is 0 Å². The molecular weight excluding hydrogens is 386 g/mol. The highest BCUT2D eigenvalue weighted by atomic mass is 16.6. The Labute approximate surface area is 176 Å². The first kappa shape index (κ1) is 22.9. The lowest BCUT2D eigenvalue weighted by Crippen LogP contribution is -2.49. The third-order valence-corrected chi connectivity index (χ3v) is 4.78. The van der Waals surface area contributed by atoms with Crippen molar-refractivity contribution < 1.29 is 19.2 Å². The van der Waals surface area contributed by atoms with Crippen molar-refractivity contribution in [3.05, 3.63) is 69.8 Å². The zero-order valence-corrected chi connectivity index (χ0v) is 17.5. The molecule has 30 heavy (non-hydrogen) atoms. The van der Waals surface area contributed by atoms with Gasteiger partial charge in [0.05, 0.1) is 18.5 Å². The normalized spacial score (nSPS) is 11.4. The van der Waals surface area contributed by atoms with Gasteiger partial charge in [-0.2, -0.15) is 0 Å². The molecule has 1 atom stereocenters. The molecular formula is C22H27N3O5. The Morgan fingerprint density at radius 2 is 1.80 bits per heavy atom. The van der Waals surface area contributed by atoms with E-state index in [1.54, 1.807) is 37.4 Å². The van der Waals surface area contributed by atoms with Crippen LogP contribution in [-0.4, -0.2) is 41.3 Å². The van der Waals surface area contributed by atoms with Crippen LogP contribution in [0.15, 0.2) is 48.5 Å². The van der Waals surface area contributed by atoms with Crippen molar-refractivity contribution in [1.82, 2.24) is 10.2 Å². The van der Waals surface area contributed by atoms with Gasteiger partial charge in [-0.25, -0.2) is 0 Å². The molecule has 0 aliphatic rings. The largest absolute Gasteiger partial charge is 0.497 e. The molecule has 0 saturated heterocycles. The van der Waals surface area contributed by atoms with Crippen LogP contribution in [0.1, 0.15) is 31.4 Å². The van der Waals surface area contributed by atoms with E-state index in [2.05, 4.69) is 5.32 Å². The van der Waals surface area contributed by atoms with Crippen LogP contribution in [0.3, 0.4) is 0 Å². The van der Waals surface area contributed by atoms with Crippen LogP contribution >= 0.6 is 0 Å². The third kappa shape index (κ3) is 5.79. The molecule has 2 aromatic carbocycles. The van der Waals surface area contributed by atoms with Gasteiger partial charge in [-0.1, -0.05) is 37.3 Å². The van der Waals surface area contributed by atoms with E-state index in [0.29, 0.717) is 24.3 Å². The highest BCUT2D eigenvalue weighted by molar-refractivity contribution is 5.88. The molecule has 8 nitrogen and oxygen atoms in total. The number of ether oxygens (including phenoxy) is 1. The Kier molecular flexibility index (Phi) is 8.34. The summed E-state index contributed by atoms with van der Waals surface area (Å²) in [7, 11) is 1.57. The topological polar surface area (TPSA) is 102 Å². The van der Waals surface area contributed by atoms with Crippen LogP contribution in [0, 0.1) is 10.1 Å². The summed E-state index contributed by atoms with van der Waals surface area (Å²) in [4.78, 5) is 38.1. The molecule has 0 fully saturated rings. The maximum absolute atomic E-state index is 13.2. The number of amides is 2. The SMILES string of the molecule is CCNC(=O)[C@@H](CC)N(Cc1ccc(OC)cc1)C(=O)Cc1ccccc1[N+](=O)[O-]. The maximum Gasteiger partial charge on any atom is 0.273 e. The maximum atomic E-state index is 13.2. The predicted molar refractivity (Wildman–Crippen MR) is 113 cm³/mol. The molecule has 0 aromatic heterocycles. The second-order valence-corrected chi connectivity index (χ2v) is 6.75.